The van der Waals surface area contributed by atoms with E-state index in [4.69, 9.17) is 10.8 Å². The van der Waals surface area contributed by atoms with Gasteiger partial charge in [0.05, 0.1) is 0 Å². The van der Waals surface area contributed by atoms with Gasteiger partial charge >= 0.3 is 6.18 Å². The first-order chi connectivity index (χ1) is 7.30. The fraction of sp³-hybridized carbons (Fsp3) is 1.00. The summed E-state index contributed by atoms with van der Waals surface area (Å²) in [6.07, 6.45) is -2.30. The summed E-state index contributed by atoms with van der Waals surface area (Å²) in [5.41, 5.74) is 5.35. The van der Waals surface area contributed by atoms with Crippen LogP contribution >= 0.6 is 0 Å². The van der Waals surface area contributed by atoms with Crippen LogP contribution in [0.3, 0.4) is 0 Å². The van der Waals surface area contributed by atoms with Crippen molar-refractivity contribution in [1.82, 2.24) is 4.90 Å². The minimum atomic E-state index is -4.29. The second-order valence-electron chi connectivity index (χ2n) is 4.11. The molecule has 0 aromatic carbocycles. The average Bonchev–Trinajstić information content (AvgIpc) is 2.09. The van der Waals surface area contributed by atoms with Crippen LogP contribution in [0.5, 0.6) is 0 Å². The van der Waals surface area contributed by atoms with Crippen molar-refractivity contribution in [3.05, 3.63) is 0 Å². The van der Waals surface area contributed by atoms with Crippen LogP contribution in [-0.4, -0.2) is 48.5 Å². The number of alkyl halides is 3. The number of hydrogen-bond donors (Lipinski definition) is 2. The Labute approximate surface area is 94.4 Å². The first-order valence-electron chi connectivity index (χ1n) is 5.44. The maximum absolute atomic E-state index is 12.6. The van der Waals surface area contributed by atoms with Crippen molar-refractivity contribution in [1.29, 1.82) is 0 Å². The monoisotopic (exact) mass is 242 g/mol. The maximum Gasteiger partial charge on any atom is 0.405 e. The lowest BCUT2D eigenvalue weighted by molar-refractivity contribution is -0.184. The van der Waals surface area contributed by atoms with Gasteiger partial charge in [-0.2, -0.15) is 13.2 Å². The molecule has 2 atom stereocenters. The zero-order valence-corrected chi connectivity index (χ0v) is 9.80. The molecule has 0 spiro atoms. The van der Waals surface area contributed by atoms with Gasteiger partial charge in [-0.25, -0.2) is 0 Å². The molecule has 0 aromatic rings. The van der Waals surface area contributed by atoms with Crippen molar-refractivity contribution in [3.63, 3.8) is 0 Å². The molecule has 0 bridgehead atoms. The van der Waals surface area contributed by atoms with Crippen LogP contribution < -0.4 is 5.73 Å². The van der Waals surface area contributed by atoms with Crippen molar-refractivity contribution in [2.75, 3.05) is 20.2 Å². The van der Waals surface area contributed by atoms with Gasteiger partial charge in [0.25, 0.3) is 0 Å². The second kappa shape index (κ2) is 7.09. The van der Waals surface area contributed by atoms with E-state index in [0.717, 1.165) is 6.42 Å². The van der Waals surface area contributed by atoms with Gasteiger partial charge in [-0.15, -0.1) is 0 Å². The predicted octanol–water partition coefficient (Wildman–Crippen LogP) is 1.36. The predicted molar refractivity (Wildman–Crippen MR) is 57.1 cm³/mol. The van der Waals surface area contributed by atoms with Gasteiger partial charge in [-0.1, -0.05) is 0 Å². The second-order valence-corrected chi connectivity index (χ2v) is 4.11. The van der Waals surface area contributed by atoms with Gasteiger partial charge in [-0.3, -0.25) is 4.90 Å². The average molecular weight is 242 g/mol. The lowest BCUT2D eigenvalue weighted by atomic mass is 10.1. The van der Waals surface area contributed by atoms with Crippen molar-refractivity contribution in [2.45, 2.75) is 44.4 Å². The van der Waals surface area contributed by atoms with Crippen LogP contribution in [0.25, 0.3) is 0 Å². The highest BCUT2D eigenvalue weighted by Crippen LogP contribution is 2.26. The molecule has 0 saturated carbocycles. The smallest absolute Gasteiger partial charge is 0.396 e. The quantitative estimate of drug-likeness (QED) is 0.663. The SMILES string of the molecule is CC(N)C(N(C)CCCCCO)C(F)(F)F. The number of nitrogens with zero attached hydrogens (tertiary/aromatic N) is 1. The molecule has 0 heterocycles. The van der Waals surface area contributed by atoms with Gasteiger partial charge in [0, 0.05) is 12.6 Å². The van der Waals surface area contributed by atoms with Crippen LogP contribution in [0, 0.1) is 0 Å². The van der Waals surface area contributed by atoms with E-state index < -0.39 is 18.3 Å². The minimum absolute atomic E-state index is 0.0830. The summed E-state index contributed by atoms with van der Waals surface area (Å²) >= 11 is 0. The molecule has 16 heavy (non-hydrogen) atoms. The molecule has 0 aromatic heterocycles. The molecule has 6 heteroatoms. The summed E-state index contributed by atoms with van der Waals surface area (Å²) in [5, 5.41) is 8.54. The normalized spacial score (nSPS) is 16.5. The Balaban J connectivity index is 4.14. The van der Waals surface area contributed by atoms with E-state index in [2.05, 4.69) is 0 Å². The Bertz CT molecular complexity index is 185. The molecule has 0 radical (unpaired) electrons. The molecule has 3 nitrogen and oxygen atoms in total. The molecule has 0 amide bonds. The molecule has 0 fully saturated rings. The van der Waals surface area contributed by atoms with Crippen LogP contribution in [-0.2, 0) is 0 Å². The first-order valence-corrected chi connectivity index (χ1v) is 5.44. The number of hydrogen-bond acceptors (Lipinski definition) is 3. The maximum atomic E-state index is 12.6. The highest BCUT2D eigenvalue weighted by atomic mass is 19.4. The summed E-state index contributed by atoms with van der Waals surface area (Å²) in [6.45, 7) is 1.79. The van der Waals surface area contributed by atoms with Gasteiger partial charge < -0.3 is 10.8 Å². The lowest BCUT2D eigenvalue weighted by Crippen LogP contribution is -2.53. The highest BCUT2D eigenvalue weighted by Gasteiger charge is 2.44. The number of aliphatic hydroxyl groups excluding tert-OH is 1. The van der Waals surface area contributed by atoms with E-state index in [1.807, 2.05) is 0 Å². The number of likely N-dealkylation sites (N-methyl/N-ethyl adjacent to an activating group) is 1. The van der Waals surface area contributed by atoms with Crippen LogP contribution in [0.4, 0.5) is 13.2 Å². The number of nitrogens with two attached hydrogens (primary N) is 1. The van der Waals surface area contributed by atoms with Crippen LogP contribution in [0.1, 0.15) is 26.2 Å². The Hall–Kier alpha value is -0.330. The summed E-state index contributed by atoms with van der Waals surface area (Å²) in [5.74, 6) is 0. The number of aliphatic hydroxyl groups is 1. The summed E-state index contributed by atoms with van der Waals surface area (Å²) in [7, 11) is 1.43. The topological polar surface area (TPSA) is 49.5 Å². The van der Waals surface area contributed by atoms with Crippen LogP contribution in [0.15, 0.2) is 0 Å². The minimum Gasteiger partial charge on any atom is -0.396 e. The molecule has 98 valence electrons. The molecule has 2 unspecified atom stereocenters. The van der Waals surface area contributed by atoms with E-state index in [-0.39, 0.29) is 6.61 Å². The molecule has 0 aliphatic heterocycles. The van der Waals surface area contributed by atoms with Gasteiger partial charge in [0.2, 0.25) is 0 Å². The number of halogens is 3. The molecular weight excluding hydrogens is 221 g/mol. The first kappa shape index (κ1) is 15.7. The third-order valence-electron chi connectivity index (χ3n) is 2.48. The number of rotatable bonds is 7. The van der Waals surface area contributed by atoms with Crippen LogP contribution in [0.2, 0.25) is 0 Å². The van der Waals surface area contributed by atoms with Crippen molar-refractivity contribution in [3.8, 4) is 0 Å². The zero-order chi connectivity index (χ0) is 12.8. The molecule has 0 aliphatic rings. The Morgan fingerprint density at radius 1 is 1.25 bits per heavy atom. The fourth-order valence-corrected chi connectivity index (χ4v) is 1.74. The molecular formula is C10H21F3N2O. The summed E-state index contributed by atoms with van der Waals surface area (Å²) in [6, 6.07) is -2.54. The van der Waals surface area contributed by atoms with E-state index in [9.17, 15) is 13.2 Å². The largest absolute Gasteiger partial charge is 0.405 e. The lowest BCUT2D eigenvalue weighted by Gasteiger charge is -2.32. The summed E-state index contributed by atoms with van der Waals surface area (Å²) in [4.78, 5) is 1.24. The van der Waals surface area contributed by atoms with Crippen molar-refractivity contribution in [2.24, 2.45) is 5.73 Å². The van der Waals surface area contributed by atoms with E-state index in [1.165, 1.54) is 18.9 Å². The Morgan fingerprint density at radius 3 is 2.19 bits per heavy atom. The van der Waals surface area contributed by atoms with Crippen molar-refractivity contribution < 1.29 is 18.3 Å². The fourth-order valence-electron chi connectivity index (χ4n) is 1.74. The molecule has 0 aliphatic carbocycles. The van der Waals surface area contributed by atoms with E-state index in [0.29, 0.717) is 19.4 Å². The Morgan fingerprint density at radius 2 is 1.81 bits per heavy atom. The van der Waals surface area contributed by atoms with E-state index >= 15 is 0 Å². The summed E-state index contributed by atoms with van der Waals surface area (Å²) < 4.78 is 37.9. The van der Waals surface area contributed by atoms with E-state index in [1.54, 1.807) is 0 Å². The third-order valence-corrected chi connectivity index (χ3v) is 2.48. The zero-order valence-electron chi connectivity index (χ0n) is 9.80. The number of unbranched alkanes of at least 4 members (excludes halogenated alkanes) is 2. The molecule has 0 rings (SSSR count). The van der Waals surface area contributed by atoms with Gasteiger partial charge in [0.15, 0.2) is 0 Å². The highest BCUT2D eigenvalue weighted by molar-refractivity contribution is 4.84. The third kappa shape index (κ3) is 5.67. The Kier molecular flexibility index (Phi) is 6.94. The standard InChI is InChI=1S/C10H21F3N2O/c1-8(14)9(10(11,12)13)15(2)6-4-3-5-7-16/h8-9,16H,3-7,14H2,1-2H3. The van der Waals surface area contributed by atoms with Gasteiger partial charge in [0.1, 0.15) is 6.04 Å². The van der Waals surface area contributed by atoms with Gasteiger partial charge in [-0.05, 0) is 39.8 Å². The molecule has 0 saturated heterocycles. The van der Waals surface area contributed by atoms with Crippen molar-refractivity contribution >= 4 is 0 Å². The molecule has 3 N–H and O–H groups in total.